The van der Waals surface area contributed by atoms with Gasteiger partial charge in [0.25, 0.3) is 0 Å². The average molecular weight is 418 g/mol. The summed E-state index contributed by atoms with van der Waals surface area (Å²) in [5.41, 5.74) is 2.43. The molecule has 0 spiro atoms. The molecule has 2 N–H and O–H groups in total. The fraction of sp³-hybridized carbons (Fsp3) is 0.0909. The molecule has 7 nitrogen and oxygen atoms in total. The third-order valence-electron chi connectivity index (χ3n) is 4.79. The summed E-state index contributed by atoms with van der Waals surface area (Å²) in [7, 11) is 3.21. The first-order chi connectivity index (χ1) is 14.7. The lowest BCUT2D eigenvalue weighted by Gasteiger charge is -2.11. The van der Waals surface area contributed by atoms with Crippen LogP contribution in [0.4, 0.5) is 11.5 Å². The van der Waals surface area contributed by atoms with E-state index in [2.05, 4.69) is 10.3 Å². The number of phenolic OH excluding ortho intramolecular Hbond substituents is 1. The van der Waals surface area contributed by atoms with Gasteiger partial charge in [-0.05, 0) is 41.8 Å². The minimum Gasteiger partial charge on any atom is -0.506 e. The van der Waals surface area contributed by atoms with E-state index in [0.29, 0.717) is 17.3 Å². The number of nitrogens with one attached hydrogen (secondary N) is 1. The number of nitrogens with zero attached hydrogens (tertiary/aromatic N) is 3. The molecular formula is C22H18N4O3S. The summed E-state index contributed by atoms with van der Waals surface area (Å²) in [6.45, 7) is 0. The number of fused-ring (bicyclic) bond motifs is 2. The van der Waals surface area contributed by atoms with Crippen LogP contribution < -0.4 is 14.8 Å². The van der Waals surface area contributed by atoms with Gasteiger partial charge in [-0.3, -0.25) is 0 Å². The van der Waals surface area contributed by atoms with Crippen LogP contribution in [0, 0.1) is 0 Å². The van der Waals surface area contributed by atoms with E-state index in [1.165, 1.54) is 11.3 Å². The highest BCUT2D eigenvalue weighted by molar-refractivity contribution is 7.22. The molecule has 0 aliphatic carbocycles. The largest absolute Gasteiger partial charge is 0.506 e. The highest BCUT2D eigenvalue weighted by Gasteiger charge is 2.13. The summed E-state index contributed by atoms with van der Waals surface area (Å²) in [4.78, 5) is 5.45. The first kappa shape index (κ1) is 18.3. The van der Waals surface area contributed by atoms with Crippen molar-refractivity contribution in [2.75, 3.05) is 19.5 Å². The lowest BCUT2D eigenvalue weighted by Crippen LogP contribution is -2.00. The molecule has 0 atom stereocenters. The molecule has 0 saturated carbocycles. The smallest absolute Gasteiger partial charge is 0.162 e. The number of aromatic nitrogens is 3. The monoisotopic (exact) mass is 418 g/mol. The fourth-order valence-electron chi connectivity index (χ4n) is 3.34. The SMILES string of the molecule is COc1ccc(Nc2ccc3ncc(-c4cc5cccc(O)c5s4)n3n2)cc1OC. The van der Waals surface area contributed by atoms with Crippen LogP contribution in [0.15, 0.2) is 60.8 Å². The van der Waals surface area contributed by atoms with Crippen molar-refractivity contribution in [1.82, 2.24) is 14.6 Å². The van der Waals surface area contributed by atoms with E-state index < -0.39 is 0 Å². The van der Waals surface area contributed by atoms with Crippen LogP contribution in [-0.2, 0) is 0 Å². The first-order valence-corrected chi connectivity index (χ1v) is 10.0. The van der Waals surface area contributed by atoms with Crippen molar-refractivity contribution in [3.05, 3.63) is 60.8 Å². The number of thiophene rings is 1. The molecule has 0 aliphatic rings. The minimum atomic E-state index is 0.279. The number of hydrogen-bond acceptors (Lipinski definition) is 7. The number of phenols is 1. The molecule has 3 heterocycles. The molecule has 5 aromatic rings. The quantitative estimate of drug-likeness (QED) is 0.414. The van der Waals surface area contributed by atoms with Crippen molar-refractivity contribution in [2.24, 2.45) is 0 Å². The Balaban J connectivity index is 1.54. The fourth-order valence-corrected chi connectivity index (χ4v) is 4.41. The van der Waals surface area contributed by atoms with Crippen molar-refractivity contribution in [3.63, 3.8) is 0 Å². The van der Waals surface area contributed by atoms with Gasteiger partial charge in [-0.15, -0.1) is 16.4 Å². The van der Waals surface area contributed by atoms with Crippen LogP contribution >= 0.6 is 11.3 Å². The van der Waals surface area contributed by atoms with Crippen molar-refractivity contribution in [3.8, 4) is 27.8 Å². The van der Waals surface area contributed by atoms with Gasteiger partial charge in [-0.2, -0.15) is 0 Å². The molecular weight excluding hydrogens is 400 g/mol. The molecule has 0 radical (unpaired) electrons. The van der Waals surface area contributed by atoms with Gasteiger partial charge >= 0.3 is 0 Å². The molecule has 0 amide bonds. The van der Waals surface area contributed by atoms with Gasteiger partial charge in [0.1, 0.15) is 11.4 Å². The van der Waals surface area contributed by atoms with Crippen LogP contribution in [0.1, 0.15) is 0 Å². The molecule has 30 heavy (non-hydrogen) atoms. The Kier molecular flexibility index (Phi) is 4.40. The highest BCUT2D eigenvalue weighted by atomic mass is 32.1. The summed E-state index contributed by atoms with van der Waals surface area (Å²) >= 11 is 1.51. The second-order valence-electron chi connectivity index (χ2n) is 6.63. The van der Waals surface area contributed by atoms with Crippen LogP contribution in [-0.4, -0.2) is 33.9 Å². The number of methoxy groups -OCH3 is 2. The third-order valence-corrected chi connectivity index (χ3v) is 5.99. The predicted octanol–water partition coefficient (Wildman–Crippen LogP) is 5.08. The van der Waals surface area contributed by atoms with E-state index >= 15 is 0 Å². The standard InChI is InChI=1S/C22H18N4O3S/c1-28-17-7-6-14(11-18(17)29-2)24-20-8-9-21-23-12-15(26(21)25-20)19-10-13-4-3-5-16(27)22(13)30-19/h3-12,27H,1-2H3,(H,24,25). The van der Waals surface area contributed by atoms with Crippen LogP contribution in [0.3, 0.4) is 0 Å². The molecule has 0 unspecified atom stereocenters. The van der Waals surface area contributed by atoms with Crippen LogP contribution in [0.25, 0.3) is 26.3 Å². The third kappa shape index (κ3) is 3.07. The molecule has 2 aromatic carbocycles. The van der Waals surface area contributed by atoms with E-state index in [-0.39, 0.29) is 5.75 Å². The molecule has 150 valence electrons. The van der Waals surface area contributed by atoms with E-state index in [1.807, 2.05) is 48.5 Å². The lowest BCUT2D eigenvalue weighted by atomic mass is 10.2. The highest BCUT2D eigenvalue weighted by Crippen LogP contribution is 2.38. The normalized spacial score (nSPS) is 11.1. The summed E-state index contributed by atoms with van der Waals surface area (Å²) in [6.07, 6.45) is 1.80. The second kappa shape index (κ2) is 7.23. The number of aromatic hydroxyl groups is 1. The molecule has 5 rings (SSSR count). The summed E-state index contributed by atoms with van der Waals surface area (Å²) < 4.78 is 13.3. The van der Waals surface area contributed by atoms with Crippen LogP contribution in [0.2, 0.25) is 0 Å². The number of ether oxygens (including phenoxy) is 2. The maximum Gasteiger partial charge on any atom is 0.162 e. The van der Waals surface area contributed by atoms with Crippen molar-refractivity contribution < 1.29 is 14.6 Å². The maximum atomic E-state index is 10.1. The van der Waals surface area contributed by atoms with Gasteiger partial charge in [-0.1, -0.05) is 12.1 Å². The Morgan fingerprint density at radius 2 is 1.87 bits per heavy atom. The van der Waals surface area contributed by atoms with Crippen molar-refractivity contribution >= 4 is 38.6 Å². The molecule has 8 heteroatoms. The maximum absolute atomic E-state index is 10.1. The van der Waals surface area contributed by atoms with Gasteiger partial charge in [0.15, 0.2) is 23.0 Å². The zero-order valence-electron chi connectivity index (χ0n) is 16.3. The number of hydrogen-bond donors (Lipinski definition) is 2. The first-order valence-electron chi connectivity index (χ1n) is 9.22. The number of anilines is 2. The van der Waals surface area contributed by atoms with E-state index in [1.54, 1.807) is 31.0 Å². The Bertz CT molecular complexity index is 1380. The van der Waals surface area contributed by atoms with Crippen molar-refractivity contribution in [1.29, 1.82) is 0 Å². The topological polar surface area (TPSA) is 80.9 Å². The second-order valence-corrected chi connectivity index (χ2v) is 7.69. The lowest BCUT2D eigenvalue weighted by molar-refractivity contribution is 0.355. The molecule has 0 saturated heterocycles. The zero-order chi connectivity index (χ0) is 20.7. The van der Waals surface area contributed by atoms with Gasteiger partial charge in [0, 0.05) is 11.8 Å². The van der Waals surface area contributed by atoms with Gasteiger partial charge in [0.2, 0.25) is 0 Å². The summed E-state index contributed by atoms with van der Waals surface area (Å²) in [6, 6.07) is 16.9. The zero-order valence-corrected chi connectivity index (χ0v) is 17.1. The molecule has 0 aliphatic heterocycles. The van der Waals surface area contributed by atoms with E-state index in [4.69, 9.17) is 14.6 Å². The predicted molar refractivity (Wildman–Crippen MR) is 118 cm³/mol. The van der Waals surface area contributed by atoms with Gasteiger partial charge in [0.05, 0.1) is 30.0 Å². The Hall–Kier alpha value is -3.78. The number of rotatable bonds is 5. The van der Waals surface area contributed by atoms with Crippen molar-refractivity contribution in [2.45, 2.75) is 0 Å². The van der Waals surface area contributed by atoms with Gasteiger partial charge in [-0.25, -0.2) is 9.50 Å². The minimum absolute atomic E-state index is 0.279. The Morgan fingerprint density at radius 3 is 2.67 bits per heavy atom. The van der Waals surface area contributed by atoms with E-state index in [0.717, 1.165) is 32.0 Å². The Labute approximate surface area is 176 Å². The van der Waals surface area contributed by atoms with Gasteiger partial charge < -0.3 is 19.9 Å². The molecule has 0 bridgehead atoms. The summed E-state index contributed by atoms with van der Waals surface area (Å²) in [5, 5.41) is 19.1. The number of benzene rings is 2. The summed E-state index contributed by atoms with van der Waals surface area (Å²) in [5.74, 6) is 2.24. The van der Waals surface area contributed by atoms with E-state index in [9.17, 15) is 5.11 Å². The van der Waals surface area contributed by atoms with Crippen LogP contribution in [0.5, 0.6) is 17.2 Å². The molecule has 0 fully saturated rings. The Morgan fingerprint density at radius 1 is 1.00 bits per heavy atom. The molecule has 3 aromatic heterocycles. The average Bonchev–Trinajstić information content (AvgIpc) is 3.38. The number of imidazole rings is 1.